The maximum Gasteiger partial charge on any atom is 0.246 e. The van der Waals surface area contributed by atoms with E-state index in [1.807, 2.05) is 0 Å². The van der Waals surface area contributed by atoms with Crippen molar-refractivity contribution < 1.29 is 9.53 Å². The minimum Gasteiger partial charge on any atom is -0.375 e. The Morgan fingerprint density at radius 2 is 2.23 bits per heavy atom. The zero-order valence-corrected chi connectivity index (χ0v) is 8.14. The van der Waals surface area contributed by atoms with Crippen molar-refractivity contribution in [2.24, 2.45) is 5.41 Å². The third kappa shape index (κ3) is 1.70. The average Bonchev–Trinajstić information content (AvgIpc) is 1.92. The molecule has 0 atom stereocenters. The van der Waals surface area contributed by atoms with Gasteiger partial charge in [-0.15, -0.1) is 0 Å². The van der Waals surface area contributed by atoms with Crippen LogP contribution in [0.15, 0.2) is 0 Å². The zero-order valence-electron chi connectivity index (χ0n) is 8.14. The molecule has 0 bridgehead atoms. The van der Waals surface area contributed by atoms with Crippen molar-refractivity contribution in [3.05, 3.63) is 0 Å². The van der Waals surface area contributed by atoms with Crippen molar-refractivity contribution in [3.63, 3.8) is 0 Å². The van der Waals surface area contributed by atoms with Gasteiger partial charge in [0, 0.05) is 13.2 Å². The molecule has 2 aliphatic rings. The number of carbonyl (C=O) groups excluding carboxylic acids is 1. The molecule has 2 rings (SSSR count). The molecular formula is C10H17NO2. The summed E-state index contributed by atoms with van der Waals surface area (Å²) in [5.74, 6) is 0.0293. The van der Waals surface area contributed by atoms with Gasteiger partial charge >= 0.3 is 0 Å². The number of hydrogen-bond donors (Lipinski definition) is 1. The summed E-state index contributed by atoms with van der Waals surface area (Å²) in [5.41, 5.74) is 0.644. The summed E-state index contributed by atoms with van der Waals surface area (Å²) in [6, 6.07) is 0.433. The van der Waals surface area contributed by atoms with E-state index in [-0.39, 0.29) is 12.5 Å². The van der Waals surface area contributed by atoms with Crippen LogP contribution in [-0.4, -0.2) is 25.7 Å². The fourth-order valence-electron chi connectivity index (χ4n) is 2.57. The number of ether oxygens (including phenoxy) is 1. The van der Waals surface area contributed by atoms with Crippen LogP contribution in [0, 0.1) is 5.41 Å². The largest absolute Gasteiger partial charge is 0.375 e. The summed E-state index contributed by atoms with van der Waals surface area (Å²) in [6.45, 7) is 0.198. The number of methoxy groups -OCH3 is 1. The van der Waals surface area contributed by atoms with E-state index in [0.29, 0.717) is 11.5 Å². The summed E-state index contributed by atoms with van der Waals surface area (Å²) in [4.78, 5) is 11.1. The maximum atomic E-state index is 11.1. The predicted molar refractivity (Wildman–Crippen MR) is 49.3 cm³/mol. The van der Waals surface area contributed by atoms with Gasteiger partial charge in [0.2, 0.25) is 5.91 Å². The third-order valence-corrected chi connectivity index (χ3v) is 3.41. The lowest BCUT2D eigenvalue weighted by Gasteiger charge is -2.54. The highest BCUT2D eigenvalue weighted by Gasteiger charge is 2.48. The molecule has 0 aromatic heterocycles. The summed E-state index contributed by atoms with van der Waals surface area (Å²) in [5, 5.41) is 2.98. The van der Waals surface area contributed by atoms with Gasteiger partial charge < -0.3 is 10.1 Å². The summed E-state index contributed by atoms with van der Waals surface area (Å²) in [6.07, 6.45) is 6.54. The fourth-order valence-corrected chi connectivity index (χ4v) is 2.57. The van der Waals surface area contributed by atoms with Gasteiger partial charge in [-0.3, -0.25) is 4.79 Å². The van der Waals surface area contributed by atoms with Crippen LogP contribution < -0.4 is 5.32 Å². The quantitative estimate of drug-likeness (QED) is 0.711. The third-order valence-electron chi connectivity index (χ3n) is 3.41. The van der Waals surface area contributed by atoms with E-state index in [1.165, 1.54) is 32.1 Å². The molecule has 1 amide bonds. The van der Waals surface area contributed by atoms with Gasteiger partial charge in [-0.2, -0.15) is 0 Å². The molecule has 2 saturated carbocycles. The molecule has 0 aromatic carbocycles. The van der Waals surface area contributed by atoms with Gasteiger partial charge in [-0.1, -0.05) is 6.42 Å². The Bertz CT molecular complexity index is 203. The summed E-state index contributed by atoms with van der Waals surface area (Å²) < 4.78 is 4.75. The SMILES string of the molecule is COCC(=O)NC1CC2(CCC2)C1. The molecule has 0 aliphatic heterocycles. The van der Waals surface area contributed by atoms with Gasteiger partial charge in [-0.05, 0) is 31.1 Å². The molecule has 1 N–H and O–H groups in total. The van der Waals surface area contributed by atoms with Crippen LogP contribution in [-0.2, 0) is 9.53 Å². The van der Waals surface area contributed by atoms with E-state index >= 15 is 0 Å². The molecule has 2 fully saturated rings. The van der Waals surface area contributed by atoms with Crippen molar-refractivity contribution in [1.82, 2.24) is 5.32 Å². The number of amides is 1. The second-order valence-corrected chi connectivity index (χ2v) is 4.46. The van der Waals surface area contributed by atoms with E-state index in [2.05, 4.69) is 5.32 Å². The Kier molecular flexibility index (Phi) is 2.28. The van der Waals surface area contributed by atoms with Crippen molar-refractivity contribution >= 4 is 5.91 Å². The summed E-state index contributed by atoms with van der Waals surface area (Å²) >= 11 is 0. The van der Waals surface area contributed by atoms with Crippen LogP contribution in [0.5, 0.6) is 0 Å². The van der Waals surface area contributed by atoms with Crippen LogP contribution in [0.2, 0.25) is 0 Å². The van der Waals surface area contributed by atoms with Gasteiger partial charge in [0.05, 0.1) is 0 Å². The highest BCUT2D eigenvalue weighted by atomic mass is 16.5. The molecule has 13 heavy (non-hydrogen) atoms. The molecule has 0 unspecified atom stereocenters. The Morgan fingerprint density at radius 1 is 1.54 bits per heavy atom. The molecule has 2 aliphatic carbocycles. The zero-order chi connectivity index (χ0) is 9.31. The monoisotopic (exact) mass is 183 g/mol. The Hall–Kier alpha value is -0.570. The van der Waals surface area contributed by atoms with Crippen LogP contribution >= 0.6 is 0 Å². The Balaban J connectivity index is 1.66. The maximum absolute atomic E-state index is 11.1. The van der Waals surface area contributed by atoms with E-state index in [4.69, 9.17) is 4.74 Å². The molecule has 1 spiro atoms. The van der Waals surface area contributed by atoms with E-state index in [9.17, 15) is 4.79 Å². The van der Waals surface area contributed by atoms with Crippen molar-refractivity contribution in [2.45, 2.75) is 38.1 Å². The van der Waals surface area contributed by atoms with Crippen molar-refractivity contribution in [2.75, 3.05) is 13.7 Å². The minimum atomic E-state index is 0.0293. The molecule has 3 heteroatoms. The lowest BCUT2D eigenvalue weighted by molar-refractivity contribution is -0.128. The molecule has 0 radical (unpaired) electrons. The van der Waals surface area contributed by atoms with E-state index in [0.717, 1.165) is 0 Å². The Labute approximate surface area is 78.8 Å². The fraction of sp³-hybridized carbons (Fsp3) is 0.900. The van der Waals surface area contributed by atoms with Crippen molar-refractivity contribution in [1.29, 1.82) is 0 Å². The lowest BCUT2D eigenvalue weighted by atomic mass is 9.54. The van der Waals surface area contributed by atoms with Crippen LogP contribution in [0.1, 0.15) is 32.1 Å². The first-order chi connectivity index (χ1) is 6.24. The van der Waals surface area contributed by atoms with E-state index in [1.54, 1.807) is 7.11 Å². The van der Waals surface area contributed by atoms with Crippen molar-refractivity contribution in [3.8, 4) is 0 Å². The number of carbonyl (C=O) groups is 1. The molecule has 3 nitrogen and oxygen atoms in total. The first-order valence-corrected chi connectivity index (χ1v) is 5.02. The minimum absolute atomic E-state index is 0.0293. The first kappa shape index (κ1) is 9.00. The van der Waals surface area contributed by atoms with Gasteiger partial charge in [-0.25, -0.2) is 0 Å². The Morgan fingerprint density at radius 3 is 2.69 bits per heavy atom. The van der Waals surface area contributed by atoms with Gasteiger partial charge in [0.15, 0.2) is 0 Å². The second-order valence-electron chi connectivity index (χ2n) is 4.46. The highest BCUT2D eigenvalue weighted by molar-refractivity contribution is 5.77. The summed E-state index contributed by atoms with van der Waals surface area (Å²) in [7, 11) is 1.55. The number of hydrogen-bond acceptors (Lipinski definition) is 2. The second kappa shape index (κ2) is 3.29. The van der Waals surface area contributed by atoms with E-state index < -0.39 is 0 Å². The molecule has 0 aromatic rings. The number of rotatable bonds is 3. The predicted octanol–water partition coefficient (Wildman–Crippen LogP) is 1.08. The van der Waals surface area contributed by atoms with Crippen LogP contribution in [0.25, 0.3) is 0 Å². The molecular weight excluding hydrogens is 166 g/mol. The molecule has 0 saturated heterocycles. The number of nitrogens with one attached hydrogen (secondary N) is 1. The highest BCUT2D eigenvalue weighted by Crippen LogP contribution is 2.55. The standard InChI is InChI=1S/C10H17NO2/c1-13-7-9(12)11-8-5-10(6-8)3-2-4-10/h8H,2-7H2,1H3,(H,11,12). The van der Waals surface area contributed by atoms with Crippen LogP contribution in [0.3, 0.4) is 0 Å². The van der Waals surface area contributed by atoms with Gasteiger partial charge in [0.25, 0.3) is 0 Å². The normalized spacial score (nSPS) is 25.0. The average molecular weight is 183 g/mol. The molecule has 0 heterocycles. The lowest BCUT2D eigenvalue weighted by Crippen LogP contribution is -2.54. The smallest absolute Gasteiger partial charge is 0.246 e. The first-order valence-electron chi connectivity index (χ1n) is 5.02. The molecule has 74 valence electrons. The van der Waals surface area contributed by atoms with Crippen LogP contribution in [0.4, 0.5) is 0 Å². The topological polar surface area (TPSA) is 38.3 Å². The van der Waals surface area contributed by atoms with Gasteiger partial charge in [0.1, 0.15) is 6.61 Å².